The minimum Gasteiger partial charge on any atom is -0.321 e. The van der Waals surface area contributed by atoms with E-state index in [2.05, 4.69) is 5.10 Å². The Balaban J connectivity index is 2.55. The summed E-state index contributed by atoms with van der Waals surface area (Å²) < 4.78 is 120. The lowest BCUT2D eigenvalue weighted by molar-refractivity contribution is -0.292. The Morgan fingerprint density at radius 3 is 2.12 bits per heavy atom. The maximum Gasteiger partial charge on any atom is 0.459 e. The third-order valence-corrected chi connectivity index (χ3v) is 4.32. The highest BCUT2D eigenvalue weighted by Gasteiger charge is 2.64. The van der Waals surface area contributed by atoms with Crippen molar-refractivity contribution in [2.24, 2.45) is 13.0 Å². The second kappa shape index (κ2) is 8.71. The number of anilines is 1. The van der Waals surface area contributed by atoms with Crippen LogP contribution in [0.3, 0.4) is 0 Å². The molecule has 0 aliphatic carbocycles. The lowest BCUT2D eigenvalue weighted by atomic mass is 10.0. The predicted molar refractivity (Wildman–Crippen MR) is 96.3 cm³/mol. The molecule has 0 spiro atoms. The van der Waals surface area contributed by atoms with Gasteiger partial charge in [-0.25, -0.2) is 4.39 Å². The van der Waals surface area contributed by atoms with Gasteiger partial charge in [0.15, 0.2) is 11.5 Å². The van der Waals surface area contributed by atoms with Crippen LogP contribution in [0.4, 0.5) is 45.2 Å². The molecule has 0 aliphatic heterocycles. The molecule has 1 N–H and O–H groups in total. The minimum atomic E-state index is -6.42. The van der Waals surface area contributed by atoms with E-state index in [0.717, 1.165) is 18.2 Å². The summed E-state index contributed by atoms with van der Waals surface area (Å²) in [6.45, 7) is 3.33. The first-order valence-electron chi connectivity index (χ1n) is 9.11. The Bertz CT molecular complexity index is 1070. The van der Waals surface area contributed by atoms with Gasteiger partial charge in [0.1, 0.15) is 17.1 Å². The molecule has 2 rings (SSSR count). The van der Waals surface area contributed by atoms with Crippen molar-refractivity contribution in [1.29, 1.82) is 0 Å². The normalized spacial score (nSPS) is 12.9. The zero-order chi connectivity index (χ0) is 25.5. The summed E-state index contributed by atoms with van der Waals surface area (Å²) in [5.74, 6) is -9.60. The quantitative estimate of drug-likeness (QED) is 0.418. The van der Waals surface area contributed by atoms with Crippen molar-refractivity contribution < 1.29 is 49.1 Å². The zero-order valence-corrected chi connectivity index (χ0v) is 17.1. The average molecular weight is 489 g/mol. The minimum absolute atomic E-state index is 0.0680. The fourth-order valence-electron chi connectivity index (χ4n) is 2.89. The van der Waals surface area contributed by atoms with E-state index in [1.165, 1.54) is 0 Å². The first kappa shape index (κ1) is 26.2. The highest BCUT2D eigenvalue weighted by Crippen LogP contribution is 2.48. The van der Waals surface area contributed by atoms with Crippen molar-refractivity contribution in [3.05, 3.63) is 46.5 Å². The molecule has 1 amide bonds. The van der Waals surface area contributed by atoms with Gasteiger partial charge in [-0.15, -0.1) is 0 Å². The SMILES string of the molecule is CC(C)CC(=O)c1cc(NC(=O)c2c(C(F)(F)F)c(C(F)(F)C(F)(F)F)nn2C)ccc1F. The molecule has 5 nitrogen and oxygen atoms in total. The number of Topliss-reactive ketones (excluding diaryl/α,β-unsaturated/α-hetero) is 1. The van der Waals surface area contributed by atoms with Crippen molar-refractivity contribution in [3.63, 3.8) is 0 Å². The molecule has 0 saturated carbocycles. The molecule has 33 heavy (non-hydrogen) atoms. The molecule has 0 radical (unpaired) electrons. The van der Waals surface area contributed by atoms with Crippen molar-refractivity contribution in [2.75, 3.05) is 5.32 Å². The summed E-state index contributed by atoms with van der Waals surface area (Å²) in [5, 5.41) is 4.47. The molecule has 2 aromatic rings. The second-order valence-corrected chi connectivity index (χ2v) is 7.44. The number of hydrogen-bond acceptors (Lipinski definition) is 3. The lowest BCUT2D eigenvalue weighted by Crippen LogP contribution is -2.36. The number of amides is 1. The molecule has 1 heterocycles. The molecule has 182 valence electrons. The number of hydrogen-bond donors (Lipinski definition) is 1. The standard InChI is InChI=1S/C19H16F9N3O2/c1-8(2)6-12(32)10-7-9(4-5-11(10)20)29-16(33)14-13(18(23,24)25)15(30-31(14)3)17(21,22)19(26,27)28/h4-5,7-8H,6H2,1-3H3,(H,29,33). The Hall–Kier alpha value is -3.06. The number of carbonyl (C=O) groups is 2. The maximum absolute atomic E-state index is 14.0. The number of nitrogens with one attached hydrogen (secondary N) is 1. The molecule has 0 atom stereocenters. The highest BCUT2D eigenvalue weighted by molar-refractivity contribution is 6.05. The Morgan fingerprint density at radius 1 is 1.06 bits per heavy atom. The Morgan fingerprint density at radius 2 is 1.64 bits per heavy atom. The summed E-state index contributed by atoms with van der Waals surface area (Å²) in [6.07, 6.45) is -12.3. The number of aryl methyl sites for hydroxylation is 1. The number of ketones is 1. The number of rotatable bonds is 6. The van der Waals surface area contributed by atoms with E-state index < -0.39 is 64.0 Å². The van der Waals surface area contributed by atoms with E-state index in [0.29, 0.717) is 7.05 Å². The number of benzene rings is 1. The monoisotopic (exact) mass is 489 g/mol. The van der Waals surface area contributed by atoms with Crippen LogP contribution in [0, 0.1) is 11.7 Å². The molecular weight excluding hydrogens is 473 g/mol. The molecule has 1 aromatic carbocycles. The van der Waals surface area contributed by atoms with Crippen molar-refractivity contribution in [1.82, 2.24) is 9.78 Å². The number of nitrogens with zero attached hydrogens (tertiary/aromatic N) is 2. The highest BCUT2D eigenvalue weighted by atomic mass is 19.4. The van der Waals surface area contributed by atoms with Gasteiger partial charge in [-0.3, -0.25) is 14.3 Å². The molecule has 0 fully saturated rings. The van der Waals surface area contributed by atoms with E-state index >= 15 is 0 Å². The van der Waals surface area contributed by atoms with Gasteiger partial charge in [0.05, 0.1) is 5.56 Å². The smallest absolute Gasteiger partial charge is 0.321 e. The van der Waals surface area contributed by atoms with Gasteiger partial charge >= 0.3 is 18.3 Å². The fraction of sp³-hybridized carbons (Fsp3) is 0.421. The second-order valence-electron chi connectivity index (χ2n) is 7.44. The van der Waals surface area contributed by atoms with Gasteiger partial charge in [0, 0.05) is 19.2 Å². The van der Waals surface area contributed by atoms with Crippen LogP contribution in [0.15, 0.2) is 18.2 Å². The van der Waals surface area contributed by atoms with Crippen LogP contribution in [-0.2, 0) is 19.1 Å². The first-order valence-corrected chi connectivity index (χ1v) is 9.11. The lowest BCUT2D eigenvalue weighted by Gasteiger charge is -2.19. The van der Waals surface area contributed by atoms with E-state index in [1.54, 1.807) is 13.8 Å². The van der Waals surface area contributed by atoms with E-state index in [4.69, 9.17) is 0 Å². The van der Waals surface area contributed by atoms with Crippen LogP contribution in [0.5, 0.6) is 0 Å². The number of halogens is 9. The van der Waals surface area contributed by atoms with Crippen LogP contribution in [-0.4, -0.2) is 27.6 Å². The van der Waals surface area contributed by atoms with Crippen LogP contribution < -0.4 is 5.32 Å². The fourth-order valence-corrected chi connectivity index (χ4v) is 2.89. The molecular formula is C19H16F9N3O2. The summed E-state index contributed by atoms with van der Waals surface area (Å²) in [4.78, 5) is 24.6. The molecule has 1 aromatic heterocycles. The summed E-state index contributed by atoms with van der Waals surface area (Å²) in [5.41, 5.74) is -7.80. The third-order valence-electron chi connectivity index (χ3n) is 4.32. The first-order chi connectivity index (χ1) is 14.9. The van der Waals surface area contributed by atoms with Crippen molar-refractivity contribution >= 4 is 17.4 Å². The van der Waals surface area contributed by atoms with E-state index in [-0.39, 0.29) is 17.0 Å². The average Bonchev–Trinajstić information content (AvgIpc) is 3.00. The maximum atomic E-state index is 14.0. The van der Waals surface area contributed by atoms with Crippen LogP contribution in [0.1, 0.15) is 52.4 Å². The van der Waals surface area contributed by atoms with Gasteiger partial charge in [-0.2, -0.15) is 40.2 Å². The number of alkyl halides is 8. The summed E-state index contributed by atoms with van der Waals surface area (Å²) in [7, 11) is 0.572. The van der Waals surface area contributed by atoms with Gasteiger partial charge in [0.2, 0.25) is 0 Å². The largest absolute Gasteiger partial charge is 0.459 e. The third kappa shape index (κ3) is 5.30. The molecule has 0 aliphatic rings. The van der Waals surface area contributed by atoms with Crippen LogP contribution >= 0.6 is 0 Å². The number of carbonyl (C=O) groups excluding carboxylic acids is 2. The van der Waals surface area contributed by atoms with Crippen LogP contribution in [0.25, 0.3) is 0 Å². The van der Waals surface area contributed by atoms with E-state index in [1.807, 2.05) is 5.32 Å². The molecule has 0 unspecified atom stereocenters. The van der Waals surface area contributed by atoms with Gasteiger partial charge in [0.25, 0.3) is 5.91 Å². The van der Waals surface area contributed by atoms with Crippen molar-refractivity contribution in [2.45, 2.75) is 38.5 Å². The molecule has 14 heteroatoms. The van der Waals surface area contributed by atoms with Crippen LogP contribution in [0.2, 0.25) is 0 Å². The zero-order valence-electron chi connectivity index (χ0n) is 17.1. The van der Waals surface area contributed by atoms with Gasteiger partial charge < -0.3 is 5.32 Å². The Kier molecular flexibility index (Phi) is 6.91. The van der Waals surface area contributed by atoms with E-state index in [9.17, 15) is 49.1 Å². The van der Waals surface area contributed by atoms with Gasteiger partial charge in [-0.1, -0.05) is 13.8 Å². The van der Waals surface area contributed by atoms with Gasteiger partial charge in [-0.05, 0) is 24.1 Å². The number of aromatic nitrogens is 2. The van der Waals surface area contributed by atoms with Crippen molar-refractivity contribution in [3.8, 4) is 0 Å². The summed E-state index contributed by atoms with van der Waals surface area (Å²) >= 11 is 0. The topological polar surface area (TPSA) is 64.0 Å². The molecule has 0 saturated heterocycles. The predicted octanol–water partition coefficient (Wildman–Crippen LogP) is 5.71. The molecule has 0 bridgehead atoms. The summed E-state index contributed by atoms with van der Waals surface area (Å²) in [6, 6.07) is 2.42. The Labute approximate surface area is 180 Å².